The number of hydrogen-bond donors (Lipinski definition) is 2. The van der Waals surface area contributed by atoms with Crippen molar-refractivity contribution in [2.75, 3.05) is 6.54 Å². The van der Waals surface area contributed by atoms with Crippen LogP contribution >= 0.6 is 0 Å². The fourth-order valence-corrected chi connectivity index (χ4v) is 3.70. The van der Waals surface area contributed by atoms with Crippen LogP contribution in [0.15, 0.2) is 48.3 Å². The molecule has 12 heteroatoms. The van der Waals surface area contributed by atoms with E-state index >= 15 is 0 Å². The number of benzene rings is 2. The summed E-state index contributed by atoms with van der Waals surface area (Å²) in [5, 5.41) is 15.3. The Morgan fingerprint density at radius 1 is 1.06 bits per heavy atom. The number of rotatable bonds is 4. The third-order valence-electron chi connectivity index (χ3n) is 5.37. The van der Waals surface area contributed by atoms with Crippen LogP contribution in [0.3, 0.4) is 0 Å². The Labute approximate surface area is 189 Å². The second kappa shape index (κ2) is 8.19. The second-order valence-corrected chi connectivity index (χ2v) is 7.57. The zero-order valence-electron chi connectivity index (χ0n) is 17.6. The summed E-state index contributed by atoms with van der Waals surface area (Å²) in [5.74, 6) is 0.0188. The van der Waals surface area contributed by atoms with Gasteiger partial charge in [-0.15, -0.1) is 0 Å². The van der Waals surface area contributed by atoms with Gasteiger partial charge in [0.25, 0.3) is 0 Å². The summed E-state index contributed by atoms with van der Waals surface area (Å²) in [6.07, 6.45) is -6.86. The van der Waals surface area contributed by atoms with Crippen LogP contribution in [0.5, 0.6) is 0 Å². The molecule has 1 aromatic heterocycles. The summed E-state index contributed by atoms with van der Waals surface area (Å²) in [5.41, 5.74) is -1.70. The maximum Gasteiger partial charge on any atom is 0.416 e. The van der Waals surface area contributed by atoms with Crippen LogP contribution in [0.1, 0.15) is 29.2 Å². The summed E-state index contributed by atoms with van der Waals surface area (Å²) in [4.78, 5) is 13.1. The first-order valence-corrected chi connectivity index (χ1v) is 10.0. The molecule has 2 aromatic carbocycles. The average Bonchev–Trinajstić information content (AvgIpc) is 3.26. The number of alkyl halides is 6. The van der Waals surface area contributed by atoms with Crippen LogP contribution in [0.25, 0.3) is 17.0 Å². The molecule has 34 heavy (non-hydrogen) atoms. The summed E-state index contributed by atoms with van der Waals surface area (Å²) in [6, 6.07) is 6.04. The maximum absolute atomic E-state index is 13.5. The van der Waals surface area contributed by atoms with E-state index in [1.165, 1.54) is 15.8 Å². The molecule has 0 aliphatic carbocycles. The van der Waals surface area contributed by atoms with E-state index in [9.17, 15) is 31.1 Å². The first-order valence-electron chi connectivity index (χ1n) is 10.0. The molecule has 0 atom stereocenters. The number of urea groups is 1. The predicted octanol–water partition coefficient (Wildman–Crippen LogP) is 5.49. The van der Waals surface area contributed by atoms with Gasteiger partial charge in [-0.1, -0.05) is 12.1 Å². The molecule has 1 aliphatic heterocycles. The molecular formula is C22H17F6N5O. The van der Waals surface area contributed by atoms with Gasteiger partial charge in [0.1, 0.15) is 0 Å². The number of halogens is 6. The van der Waals surface area contributed by atoms with Crippen LogP contribution in [0.4, 0.5) is 31.1 Å². The van der Waals surface area contributed by atoms with Crippen molar-refractivity contribution in [3.8, 4) is 0 Å². The van der Waals surface area contributed by atoms with Gasteiger partial charge in [-0.3, -0.25) is 15.0 Å². The van der Waals surface area contributed by atoms with Gasteiger partial charge in [-0.25, -0.2) is 4.79 Å². The molecule has 0 unspecified atom stereocenters. The van der Waals surface area contributed by atoms with E-state index in [0.29, 0.717) is 34.8 Å². The Balaban J connectivity index is 1.66. The van der Waals surface area contributed by atoms with E-state index in [0.717, 1.165) is 6.07 Å². The van der Waals surface area contributed by atoms with Crippen LogP contribution in [-0.4, -0.2) is 33.1 Å². The molecule has 1 saturated heterocycles. The van der Waals surface area contributed by atoms with Gasteiger partial charge in [0, 0.05) is 11.9 Å². The van der Waals surface area contributed by atoms with Crippen LogP contribution in [-0.2, 0) is 18.9 Å². The molecule has 1 fully saturated rings. The molecular weight excluding hydrogens is 464 g/mol. The topological polar surface area (TPSA) is 74.0 Å². The number of fused-ring (bicyclic) bond motifs is 1. The monoisotopic (exact) mass is 481 g/mol. The zero-order valence-corrected chi connectivity index (χ0v) is 17.6. The normalized spacial score (nSPS) is 16.1. The van der Waals surface area contributed by atoms with Crippen molar-refractivity contribution in [1.29, 1.82) is 5.41 Å². The molecule has 2 N–H and O–H groups in total. The molecule has 0 radical (unpaired) electrons. The van der Waals surface area contributed by atoms with E-state index in [1.807, 2.05) is 0 Å². The highest BCUT2D eigenvalue weighted by Gasteiger charge is 2.38. The summed E-state index contributed by atoms with van der Waals surface area (Å²) < 4.78 is 80.4. The maximum atomic E-state index is 13.5. The standard InChI is InChI=1S/C22H17F6N5O/c1-2-32-19(29)17(31-20(32)34)8-12-3-6-18-14(7-12)10-30-33(18)11-13-4-5-15(21(23,24)25)9-16(13)22(26,27)28/h3-10,29H,2,11H2,1H3,(H,31,34)/b17-8-,29-19?. The highest BCUT2D eigenvalue weighted by Crippen LogP contribution is 2.37. The van der Waals surface area contributed by atoms with Gasteiger partial charge in [-0.2, -0.15) is 31.4 Å². The quantitative estimate of drug-likeness (QED) is 0.484. The summed E-state index contributed by atoms with van der Waals surface area (Å²) >= 11 is 0. The number of amides is 2. The van der Waals surface area contributed by atoms with Gasteiger partial charge >= 0.3 is 18.4 Å². The van der Waals surface area contributed by atoms with Crippen molar-refractivity contribution in [3.63, 3.8) is 0 Å². The molecule has 4 rings (SSSR count). The molecule has 3 aromatic rings. The van der Waals surface area contributed by atoms with E-state index in [4.69, 9.17) is 5.41 Å². The minimum atomic E-state index is -4.97. The molecule has 0 spiro atoms. The van der Waals surface area contributed by atoms with Gasteiger partial charge in [-0.05, 0) is 48.4 Å². The zero-order chi connectivity index (χ0) is 24.8. The number of carbonyl (C=O) groups is 1. The van der Waals surface area contributed by atoms with Gasteiger partial charge in [0.2, 0.25) is 0 Å². The molecule has 0 bridgehead atoms. The van der Waals surface area contributed by atoms with Crippen molar-refractivity contribution in [2.45, 2.75) is 25.8 Å². The Morgan fingerprint density at radius 3 is 2.41 bits per heavy atom. The number of hydrogen-bond acceptors (Lipinski definition) is 3. The van der Waals surface area contributed by atoms with Crippen molar-refractivity contribution in [2.24, 2.45) is 0 Å². The number of aromatic nitrogens is 2. The number of nitrogens with one attached hydrogen (secondary N) is 2. The predicted molar refractivity (Wildman–Crippen MR) is 112 cm³/mol. The first-order chi connectivity index (χ1) is 15.9. The summed E-state index contributed by atoms with van der Waals surface area (Å²) in [7, 11) is 0. The Morgan fingerprint density at radius 2 is 1.79 bits per heavy atom. The van der Waals surface area contributed by atoms with E-state index in [1.54, 1.807) is 31.2 Å². The Hall–Kier alpha value is -3.83. The third-order valence-corrected chi connectivity index (χ3v) is 5.37. The molecule has 178 valence electrons. The molecule has 6 nitrogen and oxygen atoms in total. The lowest BCUT2D eigenvalue weighted by atomic mass is 10.0. The van der Waals surface area contributed by atoms with Crippen LogP contribution < -0.4 is 5.32 Å². The Bertz CT molecular complexity index is 1320. The minimum Gasteiger partial charge on any atom is -0.304 e. The largest absolute Gasteiger partial charge is 0.416 e. The van der Waals surface area contributed by atoms with E-state index in [2.05, 4.69) is 10.4 Å². The lowest BCUT2D eigenvalue weighted by molar-refractivity contribution is -0.143. The highest BCUT2D eigenvalue weighted by atomic mass is 19.4. The van der Waals surface area contributed by atoms with Crippen molar-refractivity contribution in [1.82, 2.24) is 20.0 Å². The molecule has 2 heterocycles. The highest BCUT2D eigenvalue weighted by molar-refractivity contribution is 6.15. The summed E-state index contributed by atoms with van der Waals surface area (Å²) in [6.45, 7) is 1.68. The minimum absolute atomic E-state index is 0.0188. The smallest absolute Gasteiger partial charge is 0.304 e. The Kier molecular flexibility index (Phi) is 5.62. The van der Waals surface area contributed by atoms with Crippen molar-refractivity contribution in [3.05, 3.63) is 70.5 Å². The number of amidine groups is 1. The van der Waals surface area contributed by atoms with Crippen molar-refractivity contribution >= 4 is 28.8 Å². The number of likely N-dealkylation sites (N-methyl/N-ethyl adjacent to an activating group) is 1. The fraction of sp³-hybridized carbons (Fsp3) is 0.227. The first kappa shape index (κ1) is 23.3. The SMILES string of the molecule is CCN1C(=N)/C(=C/c2ccc3c(cnn3Cc3ccc(C(F)(F)F)cc3C(F)(F)F)c2)NC1=O. The van der Waals surface area contributed by atoms with E-state index in [-0.39, 0.29) is 24.0 Å². The van der Waals surface area contributed by atoms with Gasteiger partial charge in [0.15, 0.2) is 5.84 Å². The lowest BCUT2D eigenvalue weighted by Gasteiger charge is -2.16. The molecule has 1 aliphatic rings. The van der Waals surface area contributed by atoms with Crippen molar-refractivity contribution < 1.29 is 31.1 Å². The number of carbonyl (C=O) groups excluding carboxylic acids is 1. The van der Waals surface area contributed by atoms with E-state index < -0.39 is 29.5 Å². The van der Waals surface area contributed by atoms with Gasteiger partial charge in [0.05, 0.1) is 35.1 Å². The third kappa shape index (κ3) is 4.35. The average molecular weight is 481 g/mol. The molecule has 0 saturated carbocycles. The fourth-order valence-electron chi connectivity index (χ4n) is 3.70. The van der Waals surface area contributed by atoms with Gasteiger partial charge < -0.3 is 5.32 Å². The number of nitrogens with zero attached hydrogens (tertiary/aromatic N) is 3. The van der Waals surface area contributed by atoms with Crippen LogP contribution in [0.2, 0.25) is 0 Å². The second-order valence-electron chi connectivity index (χ2n) is 7.57. The van der Waals surface area contributed by atoms with Crippen LogP contribution in [0, 0.1) is 5.41 Å². The lowest BCUT2D eigenvalue weighted by Crippen LogP contribution is -2.29. The molecule has 2 amide bonds.